The van der Waals surface area contributed by atoms with Crippen molar-refractivity contribution in [1.82, 2.24) is 5.32 Å². The van der Waals surface area contributed by atoms with E-state index in [1.807, 2.05) is 19.1 Å². The first-order chi connectivity index (χ1) is 11.0. The topological polar surface area (TPSA) is 49.4 Å². The van der Waals surface area contributed by atoms with Crippen molar-refractivity contribution >= 4 is 17.5 Å². The van der Waals surface area contributed by atoms with Crippen LogP contribution < -0.4 is 10.2 Å². The molecule has 5 heteroatoms. The van der Waals surface area contributed by atoms with Crippen molar-refractivity contribution in [2.24, 2.45) is 0 Å². The Hall–Kier alpha value is -2.69. The maximum Gasteiger partial charge on any atom is 0.251 e. The first-order valence-electron chi connectivity index (χ1n) is 7.47. The normalized spacial score (nSPS) is 17.4. The monoisotopic (exact) mass is 312 g/mol. The Bertz CT molecular complexity index is 760. The number of aryl methyl sites for hydroxylation is 1. The first kappa shape index (κ1) is 15.2. The molecule has 0 aromatic heterocycles. The number of nitrogens with zero attached hydrogens (tertiary/aromatic N) is 1. The molecule has 2 aromatic carbocycles. The Morgan fingerprint density at radius 2 is 2.00 bits per heavy atom. The molecule has 0 unspecified atom stereocenters. The van der Waals surface area contributed by atoms with Gasteiger partial charge in [0.25, 0.3) is 5.91 Å². The molecule has 1 heterocycles. The lowest BCUT2D eigenvalue weighted by molar-refractivity contribution is -0.117. The average molecular weight is 312 g/mol. The molecular weight excluding hydrogens is 295 g/mol. The minimum atomic E-state index is -0.386. The van der Waals surface area contributed by atoms with E-state index in [4.69, 9.17) is 0 Å². The fraction of sp³-hybridized carbons (Fsp3) is 0.222. The van der Waals surface area contributed by atoms with Crippen LogP contribution >= 0.6 is 0 Å². The predicted octanol–water partition coefficient (Wildman–Crippen LogP) is 2.67. The summed E-state index contributed by atoms with van der Waals surface area (Å²) in [5.41, 5.74) is 2.00. The second-order valence-corrected chi connectivity index (χ2v) is 5.67. The number of rotatable bonds is 3. The highest BCUT2D eigenvalue weighted by molar-refractivity contribution is 5.99. The molecule has 0 bridgehead atoms. The van der Waals surface area contributed by atoms with Gasteiger partial charge in [0, 0.05) is 24.2 Å². The van der Waals surface area contributed by atoms with Crippen LogP contribution in [0, 0.1) is 12.7 Å². The minimum absolute atomic E-state index is 0.120. The second-order valence-electron chi connectivity index (χ2n) is 5.67. The van der Waals surface area contributed by atoms with E-state index in [1.54, 1.807) is 24.3 Å². The van der Waals surface area contributed by atoms with Crippen molar-refractivity contribution < 1.29 is 14.0 Å². The van der Waals surface area contributed by atoms with E-state index in [-0.39, 0.29) is 30.1 Å². The molecule has 4 nitrogen and oxygen atoms in total. The Kier molecular flexibility index (Phi) is 4.10. The van der Waals surface area contributed by atoms with Crippen molar-refractivity contribution in [3.05, 3.63) is 65.5 Å². The molecule has 23 heavy (non-hydrogen) atoms. The smallest absolute Gasteiger partial charge is 0.251 e. The van der Waals surface area contributed by atoms with E-state index in [0.29, 0.717) is 17.8 Å². The fourth-order valence-corrected chi connectivity index (χ4v) is 2.79. The number of hydrogen-bond acceptors (Lipinski definition) is 2. The molecule has 2 aromatic rings. The van der Waals surface area contributed by atoms with Crippen LogP contribution in [0.1, 0.15) is 22.3 Å². The van der Waals surface area contributed by atoms with Gasteiger partial charge in [-0.1, -0.05) is 24.3 Å². The molecule has 1 aliphatic rings. The highest BCUT2D eigenvalue weighted by Gasteiger charge is 2.32. The van der Waals surface area contributed by atoms with Crippen molar-refractivity contribution in [2.75, 3.05) is 11.4 Å². The van der Waals surface area contributed by atoms with Crippen LogP contribution in [-0.2, 0) is 4.79 Å². The maximum absolute atomic E-state index is 13.3. The SMILES string of the molecule is Cc1ccccc1C(=O)N[C@@H]1CC(=O)N(c2cccc(F)c2)C1. The molecule has 3 rings (SSSR count). The van der Waals surface area contributed by atoms with Crippen LogP contribution in [0.2, 0.25) is 0 Å². The summed E-state index contributed by atoms with van der Waals surface area (Å²) in [7, 11) is 0. The summed E-state index contributed by atoms with van der Waals surface area (Å²) in [6.07, 6.45) is 0.216. The number of anilines is 1. The highest BCUT2D eigenvalue weighted by atomic mass is 19.1. The number of carbonyl (C=O) groups is 2. The molecule has 0 spiro atoms. The molecule has 1 fully saturated rings. The summed E-state index contributed by atoms with van der Waals surface area (Å²) in [5, 5.41) is 2.89. The van der Waals surface area contributed by atoms with Gasteiger partial charge in [0.05, 0.1) is 6.04 Å². The molecule has 1 saturated heterocycles. The van der Waals surface area contributed by atoms with Gasteiger partial charge in [-0.05, 0) is 36.8 Å². The number of nitrogens with one attached hydrogen (secondary N) is 1. The molecule has 0 radical (unpaired) electrons. The summed E-state index contributed by atoms with van der Waals surface area (Å²) in [6.45, 7) is 2.22. The van der Waals surface area contributed by atoms with Gasteiger partial charge in [-0.3, -0.25) is 9.59 Å². The van der Waals surface area contributed by atoms with Gasteiger partial charge in [0.2, 0.25) is 5.91 Å². The summed E-state index contributed by atoms with van der Waals surface area (Å²) >= 11 is 0. The quantitative estimate of drug-likeness (QED) is 0.947. The van der Waals surface area contributed by atoms with Crippen LogP contribution in [0.4, 0.5) is 10.1 Å². The van der Waals surface area contributed by atoms with Gasteiger partial charge in [-0.15, -0.1) is 0 Å². The molecule has 0 aliphatic carbocycles. The Morgan fingerprint density at radius 3 is 2.74 bits per heavy atom. The highest BCUT2D eigenvalue weighted by Crippen LogP contribution is 2.22. The van der Waals surface area contributed by atoms with Crippen molar-refractivity contribution in [3.8, 4) is 0 Å². The molecule has 1 N–H and O–H groups in total. The fourth-order valence-electron chi connectivity index (χ4n) is 2.79. The molecule has 2 amide bonds. The van der Waals surface area contributed by atoms with Crippen molar-refractivity contribution in [1.29, 1.82) is 0 Å². The third kappa shape index (κ3) is 3.23. The number of carbonyl (C=O) groups excluding carboxylic acids is 2. The van der Waals surface area contributed by atoms with Gasteiger partial charge in [0.15, 0.2) is 0 Å². The van der Waals surface area contributed by atoms with Crippen LogP contribution in [-0.4, -0.2) is 24.4 Å². The molecule has 0 saturated carbocycles. The Labute approximate surface area is 133 Å². The van der Waals surface area contributed by atoms with Crippen molar-refractivity contribution in [3.63, 3.8) is 0 Å². The summed E-state index contributed by atoms with van der Waals surface area (Å²) in [5.74, 6) is -0.699. The Morgan fingerprint density at radius 1 is 1.22 bits per heavy atom. The predicted molar refractivity (Wildman–Crippen MR) is 85.8 cm³/mol. The third-order valence-electron chi connectivity index (χ3n) is 3.97. The number of halogens is 1. The summed E-state index contributed by atoms with van der Waals surface area (Å²) in [4.78, 5) is 26.0. The van der Waals surface area contributed by atoms with Gasteiger partial charge in [-0.2, -0.15) is 0 Å². The third-order valence-corrected chi connectivity index (χ3v) is 3.97. The van der Waals surface area contributed by atoms with Crippen LogP contribution in [0.15, 0.2) is 48.5 Å². The first-order valence-corrected chi connectivity index (χ1v) is 7.47. The number of amides is 2. The second kappa shape index (κ2) is 6.20. The molecule has 118 valence electrons. The molecular formula is C18H17FN2O2. The largest absolute Gasteiger partial charge is 0.347 e. The van der Waals surface area contributed by atoms with E-state index in [9.17, 15) is 14.0 Å². The average Bonchev–Trinajstić information content (AvgIpc) is 2.88. The lowest BCUT2D eigenvalue weighted by Gasteiger charge is -2.17. The van der Waals surface area contributed by atoms with Crippen LogP contribution in [0.3, 0.4) is 0 Å². The lowest BCUT2D eigenvalue weighted by atomic mass is 10.1. The molecule has 1 atom stereocenters. The standard InChI is InChI=1S/C18H17FN2O2/c1-12-5-2-3-8-16(12)18(23)20-14-10-17(22)21(11-14)15-7-4-6-13(19)9-15/h2-9,14H,10-11H2,1H3,(H,20,23)/t14-/m1/s1. The van der Waals surface area contributed by atoms with E-state index in [0.717, 1.165) is 5.56 Å². The number of hydrogen-bond donors (Lipinski definition) is 1. The van der Waals surface area contributed by atoms with Crippen molar-refractivity contribution in [2.45, 2.75) is 19.4 Å². The summed E-state index contributed by atoms with van der Waals surface area (Å²) < 4.78 is 13.3. The Balaban J connectivity index is 1.71. The van der Waals surface area contributed by atoms with Crippen LogP contribution in [0.5, 0.6) is 0 Å². The van der Waals surface area contributed by atoms with Gasteiger partial charge >= 0.3 is 0 Å². The maximum atomic E-state index is 13.3. The van der Waals surface area contributed by atoms with E-state index in [1.165, 1.54) is 17.0 Å². The zero-order valence-electron chi connectivity index (χ0n) is 12.8. The number of benzene rings is 2. The zero-order chi connectivity index (χ0) is 16.4. The van der Waals surface area contributed by atoms with E-state index < -0.39 is 0 Å². The lowest BCUT2D eigenvalue weighted by Crippen LogP contribution is -2.37. The van der Waals surface area contributed by atoms with Gasteiger partial charge in [-0.25, -0.2) is 4.39 Å². The van der Waals surface area contributed by atoms with E-state index >= 15 is 0 Å². The van der Waals surface area contributed by atoms with E-state index in [2.05, 4.69) is 5.32 Å². The zero-order valence-corrected chi connectivity index (χ0v) is 12.8. The minimum Gasteiger partial charge on any atom is -0.347 e. The van der Waals surface area contributed by atoms with Crippen LogP contribution in [0.25, 0.3) is 0 Å². The molecule has 1 aliphatic heterocycles. The summed E-state index contributed by atoms with van der Waals surface area (Å²) in [6, 6.07) is 12.9. The van der Waals surface area contributed by atoms with Gasteiger partial charge < -0.3 is 10.2 Å². The van der Waals surface area contributed by atoms with Gasteiger partial charge in [0.1, 0.15) is 5.82 Å².